The van der Waals surface area contributed by atoms with Gasteiger partial charge in [-0.05, 0) is 19.1 Å². The van der Waals surface area contributed by atoms with Crippen molar-refractivity contribution in [2.24, 2.45) is 0 Å². The van der Waals surface area contributed by atoms with E-state index in [1.807, 2.05) is 6.92 Å². The number of nitrogens with zero attached hydrogens (tertiary/aromatic N) is 1. The molecule has 0 spiro atoms. The molecule has 1 unspecified atom stereocenters. The van der Waals surface area contributed by atoms with Crippen LogP contribution in [0.2, 0.25) is 5.02 Å². The van der Waals surface area contributed by atoms with Crippen LogP contribution in [0.15, 0.2) is 18.2 Å². The second kappa shape index (κ2) is 7.63. The molecule has 0 aliphatic heterocycles. The van der Waals surface area contributed by atoms with Gasteiger partial charge in [0.05, 0.1) is 18.2 Å². The third-order valence-corrected chi connectivity index (χ3v) is 3.72. The van der Waals surface area contributed by atoms with Gasteiger partial charge in [-0.1, -0.05) is 11.6 Å². The summed E-state index contributed by atoms with van der Waals surface area (Å²) in [5.41, 5.74) is 1.24. The molecule has 1 atom stereocenters. The van der Waals surface area contributed by atoms with Gasteiger partial charge in [-0.15, -0.1) is 0 Å². The molecule has 0 bridgehead atoms. The topological polar surface area (TPSA) is 60.8 Å². The summed E-state index contributed by atoms with van der Waals surface area (Å²) in [5.74, 6) is 0.670. The predicted molar refractivity (Wildman–Crippen MR) is 86.0 cm³/mol. The lowest BCUT2D eigenvalue weighted by molar-refractivity contribution is 0.0717. The molecule has 1 aromatic carbocycles. The number of hydrogen-bond acceptors (Lipinski definition) is 5. The molecule has 22 heavy (non-hydrogen) atoms. The molecule has 120 valence electrons. The smallest absolute Gasteiger partial charge is 0.140 e. The zero-order chi connectivity index (χ0) is 16.1. The van der Waals surface area contributed by atoms with Gasteiger partial charge in [0.15, 0.2) is 0 Å². The van der Waals surface area contributed by atoms with Crippen molar-refractivity contribution in [1.82, 2.24) is 4.98 Å². The first-order valence-electron chi connectivity index (χ1n) is 7.02. The zero-order valence-corrected chi connectivity index (χ0v) is 13.7. The van der Waals surface area contributed by atoms with Crippen molar-refractivity contribution in [3.8, 4) is 11.5 Å². The molecule has 2 aromatic rings. The molecule has 1 aromatic heterocycles. The van der Waals surface area contributed by atoms with E-state index < -0.39 is 0 Å². The Morgan fingerprint density at radius 2 is 2.09 bits per heavy atom. The number of hydrogen-bond donors (Lipinski definition) is 1. The van der Waals surface area contributed by atoms with E-state index in [9.17, 15) is 5.11 Å². The molecule has 2 rings (SSSR count). The summed E-state index contributed by atoms with van der Waals surface area (Å²) in [6, 6.07) is 5.10. The van der Waals surface area contributed by atoms with Crippen LogP contribution >= 0.6 is 11.6 Å². The number of methoxy groups -OCH3 is 2. The molecule has 0 aliphatic carbocycles. The number of fused-ring (bicyclic) bond motifs is 1. The Kier molecular flexibility index (Phi) is 5.83. The van der Waals surface area contributed by atoms with Crippen molar-refractivity contribution < 1.29 is 19.3 Å². The second-order valence-electron chi connectivity index (χ2n) is 5.01. The predicted octanol–water partition coefficient (Wildman–Crippen LogP) is 3.20. The Morgan fingerprint density at radius 3 is 2.77 bits per heavy atom. The number of pyridine rings is 1. The Bertz CT molecular complexity index is 648. The second-order valence-corrected chi connectivity index (χ2v) is 5.38. The van der Waals surface area contributed by atoms with Crippen LogP contribution in [0.5, 0.6) is 11.5 Å². The molecule has 0 saturated carbocycles. The summed E-state index contributed by atoms with van der Waals surface area (Å²) in [7, 11) is 3.24. The van der Waals surface area contributed by atoms with Crippen molar-refractivity contribution in [1.29, 1.82) is 0 Å². The summed E-state index contributed by atoms with van der Waals surface area (Å²) in [4.78, 5) is 4.50. The molecule has 1 N–H and O–H groups in total. The minimum atomic E-state index is -0.0406. The maximum Gasteiger partial charge on any atom is 0.140 e. The molecular formula is C16H20ClNO4. The van der Waals surface area contributed by atoms with Crippen LogP contribution in [0.1, 0.15) is 12.6 Å². The van der Waals surface area contributed by atoms with Gasteiger partial charge in [-0.25, -0.2) is 0 Å². The number of aromatic nitrogens is 1. The number of ether oxygens (including phenoxy) is 3. The molecule has 5 nitrogen and oxygen atoms in total. The van der Waals surface area contributed by atoms with E-state index in [1.54, 1.807) is 32.4 Å². The highest BCUT2D eigenvalue weighted by atomic mass is 35.5. The first kappa shape index (κ1) is 16.8. The van der Waals surface area contributed by atoms with Crippen LogP contribution < -0.4 is 4.74 Å². The lowest BCUT2D eigenvalue weighted by Crippen LogP contribution is -2.16. The fourth-order valence-electron chi connectivity index (χ4n) is 1.99. The molecule has 6 heteroatoms. The summed E-state index contributed by atoms with van der Waals surface area (Å²) >= 11 is 6.38. The van der Waals surface area contributed by atoms with Gasteiger partial charge in [-0.2, -0.15) is 0 Å². The van der Waals surface area contributed by atoms with Crippen molar-refractivity contribution in [2.75, 3.05) is 27.4 Å². The molecule has 1 heterocycles. The average molecular weight is 326 g/mol. The maximum atomic E-state index is 10.1. The highest BCUT2D eigenvalue weighted by Crippen LogP contribution is 2.35. The average Bonchev–Trinajstić information content (AvgIpc) is 2.52. The number of rotatable bonds is 7. The van der Waals surface area contributed by atoms with Gasteiger partial charge in [0.25, 0.3) is 0 Å². The summed E-state index contributed by atoms with van der Waals surface area (Å²) < 4.78 is 15.8. The molecular weight excluding hydrogens is 306 g/mol. The SMILES string of the molecule is COCCc1cc(O)c2ccc(OCC(C)OC)c(Cl)c2n1. The van der Waals surface area contributed by atoms with Gasteiger partial charge in [0, 0.05) is 37.8 Å². The minimum absolute atomic E-state index is 0.0406. The van der Waals surface area contributed by atoms with Crippen LogP contribution in [0.25, 0.3) is 10.9 Å². The fraction of sp³-hybridized carbons (Fsp3) is 0.438. The Morgan fingerprint density at radius 1 is 1.32 bits per heavy atom. The Hall–Kier alpha value is -1.56. The lowest BCUT2D eigenvalue weighted by Gasteiger charge is -2.14. The number of benzene rings is 1. The highest BCUT2D eigenvalue weighted by Gasteiger charge is 2.13. The third-order valence-electron chi connectivity index (χ3n) is 3.35. The van der Waals surface area contributed by atoms with Gasteiger partial charge >= 0.3 is 0 Å². The van der Waals surface area contributed by atoms with Gasteiger partial charge in [0.1, 0.15) is 23.1 Å². The summed E-state index contributed by atoms with van der Waals surface area (Å²) in [6.07, 6.45) is 0.559. The van der Waals surface area contributed by atoms with E-state index >= 15 is 0 Å². The maximum absolute atomic E-state index is 10.1. The van der Waals surface area contributed by atoms with Crippen molar-refractivity contribution in [3.63, 3.8) is 0 Å². The van der Waals surface area contributed by atoms with Crippen LogP contribution in [-0.2, 0) is 15.9 Å². The van der Waals surface area contributed by atoms with Crippen LogP contribution in [0.3, 0.4) is 0 Å². The van der Waals surface area contributed by atoms with Gasteiger partial charge in [0.2, 0.25) is 0 Å². The van der Waals surface area contributed by atoms with Gasteiger partial charge in [-0.3, -0.25) is 4.98 Å². The van der Waals surface area contributed by atoms with Crippen LogP contribution in [0, 0.1) is 0 Å². The van der Waals surface area contributed by atoms with Gasteiger partial charge < -0.3 is 19.3 Å². The number of aromatic hydroxyl groups is 1. The molecule has 0 fully saturated rings. The largest absolute Gasteiger partial charge is 0.507 e. The zero-order valence-electron chi connectivity index (χ0n) is 12.9. The van der Waals surface area contributed by atoms with Crippen molar-refractivity contribution in [2.45, 2.75) is 19.4 Å². The third kappa shape index (κ3) is 3.80. The highest BCUT2D eigenvalue weighted by molar-refractivity contribution is 6.36. The molecule has 0 saturated heterocycles. The molecule has 0 radical (unpaired) electrons. The lowest BCUT2D eigenvalue weighted by atomic mass is 10.1. The van der Waals surface area contributed by atoms with Crippen LogP contribution in [0.4, 0.5) is 0 Å². The normalized spacial score (nSPS) is 12.5. The van der Waals surface area contributed by atoms with Crippen molar-refractivity contribution in [3.05, 3.63) is 28.9 Å². The van der Waals surface area contributed by atoms with E-state index in [2.05, 4.69) is 4.98 Å². The quantitative estimate of drug-likeness (QED) is 0.847. The van der Waals surface area contributed by atoms with Crippen molar-refractivity contribution >= 4 is 22.5 Å². The standard InChI is InChI=1S/C16H20ClNO4/c1-10(21-3)9-22-14-5-4-12-13(19)8-11(6-7-20-2)18-16(12)15(14)17/h4-5,8,10H,6-7,9H2,1-3H3,(H,18,19). The van der Waals surface area contributed by atoms with E-state index in [-0.39, 0.29) is 11.9 Å². The van der Waals surface area contributed by atoms with E-state index in [0.717, 1.165) is 5.69 Å². The monoisotopic (exact) mass is 325 g/mol. The molecule has 0 amide bonds. The summed E-state index contributed by atoms with van der Waals surface area (Å²) in [6.45, 7) is 2.82. The van der Waals surface area contributed by atoms with E-state index in [4.69, 9.17) is 25.8 Å². The molecule has 0 aliphatic rings. The first-order chi connectivity index (χ1) is 10.6. The van der Waals surface area contributed by atoms with E-state index in [1.165, 1.54) is 0 Å². The first-order valence-corrected chi connectivity index (χ1v) is 7.40. The summed E-state index contributed by atoms with van der Waals surface area (Å²) in [5, 5.41) is 11.1. The Labute approximate surface area is 134 Å². The number of halogens is 1. The van der Waals surface area contributed by atoms with E-state index in [0.29, 0.717) is 41.3 Å². The minimum Gasteiger partial charge on any atom is -0.507 e. The van der Waals surface area contributed by atoms with Crippen LogP contribution in [-0.4, -0.2) is 43.6 Å². The Balaban J connectivity index is 2.35. The fourth-order valence-corrected chi connectivity index (χ4v) is 2.26.